The molecule has 0 saturated heterocycles. The van der Waals surface area contributed by atoms with Crippen LogP contribution in [0.1, 0.15) is 34.8 Å². The van der Waals surface area contributed by atoms with E-state index in [1.807, 2.05) is 7.05 Å². The molecule has 1 aromatic heterocycles. The molecule has 110 valence electrons. The number of aryl methyl sites for hydroxylation is 2. The molecule has 0 radical (unpaired) electrons. The van der Waals surface area contributed by atoms with Gasteiger partial charge in [0, 0.05) is 17.8 Å². The lowest BCUT2D eigenvalue weighted by atomic mass is 10.0. The lowest BCUT2D eigenvalue weighted by Gasteiger charge is -2.06. The quantitative estimate of drug-likeness (QED) is 0.871. The predicted octanol–water partition coefficient (Wildman–Crippen LogP) is 2.09. The Morgan fingerprint density at radius 2 is 2.05 bits per heavy atom. The van der Waals surface area contributed by atoms with Gasteiger partial charge < -0.3 is 10.6 Å². The number of rotatable bonds is 5. The summed E-state index contributed by atoms with van der Waals surface area (Å²) in [4.78, 5) is 17.5. The number of nitrogens with one attached hydrogen (secondary N) is 2. The zero-order valence-electron chi connectivity index (χ0n) is 11.0. The maximum atomic E-state index is 11.4. The summed E-state index contributed by atoms with van der Waals surface area (Å²) < 4.78 is 0. The Kier molecular flexibility index (Phi) is 9.35. The SMILES string of the molecule is CNCCC(=O)NCc1nc2c(s1)CCCC2.Cl.Cl. The summed E-state index contributed by atoms with van der Waals surface area (Å²) in [5, 5.41) is 6.93. The van der Waals surface area contributed by atoms with E-state index in [9.17, 15) is 4.79 Å². The molecule has 0 fully saturated rings. The molecular formula is C12H21Cl2N3OS. The average molecular weight is 326 g/mol. The van der Waals surface area contributed by atoms with Gasteiger partial charge in [0.25, 0.3) is 0 Å². The van der Waals surface area contributed by atoms with E-state index in [1.165, 1.54) is 29.8 Å². The maximum Gasteiger partial charge on any atom is 0.221 e. The zero-order valence-corrected chi connectivity index (χ0v) is 13.5. The number of fused-ring (bicyclic) bond motifs is 1. The number of thiazole rings is 1. The first-order chi connectivity index (χ1) is 8.29. The molecule has 1 heterocycles. The highest BCUT2D eigenvalue weighted by Crippen LogP contribution is 2.26. The molecule has 7 heteroatoms. The summed E-state index contributed by atoms with van der Waals surface area (Å²) in [6.45, 7) is 1.31. The number of carbonyl (C=O) groups is 1. The first kappa shape index (κ1) is 18.6. The molecule has 0 aromatic carbocycles. The Bertz CT molecular complexity index is 375. The third kappa shape index (κ3) is 5.65. The second-order valence-corrected chi connectivity index (χ2v) is 5.48. The summed E-state index contributed by atoms with van der Waals surface area (Å²) in [6.07, 6.45) is 5.34. The van der Waals surface area contributed by atoms with E-state index < -0.39 is 0 Å². The Balaban J connectivity index is 0.00000162. The highest BCUT2D eigenvalue weighted by Gasteiger charge is 2.15. The van der Waals surface area contributed by atoms with Gasteiger partial charge in [-0.2, -0.15) is 0 Å². The largest absolute Gasteiger partial charge is 0.350 e. The molecule has 0 bridgehead atoms. The fourth-order valence-electron chi connectivity index (χ4n) is 1.98. The molecule has 19 heavy (non-hydrogen) atoms. The predicted molar refractivity (Wildman–Crippen MR) is 83.6 cm³/mol. The van der Waals surface area contributed by atoms with E-state index in [1.54, 1.807) is 11.3 Å². The van der Waals surface area contributed by atoms with Crippen LogP contribution < -0.4 is 10.6 Å². The average Bonchev–Trinajstić information content (AvgIpc) is 2.76. The summed E-state index contributed by atoms with van der Waals surface area (Å²) in [7, 11) is 1.85. The van der Waals surface area contributed by atoms with E-state index in [-0.39, 0.29) is 30.7 Å². The van der Waals surface area contributed by atoms with Gasteiger partial charge in [0.05, 0.1) is 12.2 Å². The fourth-order valence-corrected chi connectivity index (χ4v) is 3.08. The van der Waals surface area contributed by atoms with Crippen molar-refractivity contribution in [1.82, 2.24) is 15.6 Å². The van der Waals surface area contributed by atoms with Crippen molar-refractivity contribution in [2.45, 2.75) is 38.6 Å². The molecule has 0 atom stereocenters. The third-order valence-electron chi connectivity index (χ3n) is 2.93. The summed E-state index contributed by atoms with van der Waals surface area (Å²) >= 11 is 1.76. The molecule has 0 spiro atoms. The van der Waals surface area contributed by atoms with Crippen molar-refractivity contribution in [2.24, 2.45) is 0 Å². The minimum absolute atomic E-state index is 0. The van der Waals surface area contributed by atoms with E-state index in [4.69, 9.17) is 0 Å². The Labute approximate surface area is 130 Å². The maximum absolute atomic E-state index is 11.4. The fraction of sp³-hybridized carbons (Fsp3) is 0.667. The minimum Gasteiger partial charge on any atom is -0.350 e. The van der Waals surface area contributed by atoms with Crippen LogP contribution in [-0.4, -0.2) is 24.5 Å². The number of amides is 1. The molecule has 1 aliphatic rings. The van der Waals surface area contributed by atoms with Gasteiger partial charge in [0.2, 0.25) is 5.91 Å². The number of halogens is 2. The first-order valence-electron chi connectivity index (χ1n) is 6.18. The minimum atomic E-state index is 0. The molecule has 0 saturated carbocycles. The van der Waals surface area contributed by atoms with Crippen molar-refractivity contribution < 1.29 is 4.79 Å². The van der Waals surface area contributed by atoms with Gasteiger partial charge >= 0.3 is 0 Å². The van der Waals surface area contributed by atoms with Crippen LogP contribution in [0.4, 0.5) is 0 Å². The van der Waals surface area contributed by atoms with Crippen LogP contribution in [0.25, 0.3) is 0 Å². The van der Waals surface area contributed by atoms with Crippen LogP contribution in [0, 0.1) is 0 Å². The van der Waals surface area contributed by atoms with E-state index >= 15 is 0 Å². The van der Waals surface area contributed by atoms with Crippen LogP contribution in [0.15, 0.2) is 0 Å². The number of carbonyl (C=O) groups excluding carboxylic acids is 1. The summed E-state index contributed by atoms with van der Waals surface area (Å²) in [5.74, 6) is 0.0903. The Morgan fingerprint density at radius 3 is 2.74 bits per heavy atom. The smallest absolute Gasteiger partial charge is 0.221 e. The van der Waals surface area contributed by atoms with Crippen molar-refractivity contribution in [3.63, 3.8) is 0 Å². The molecule has 0 aliphatic heterocycles. The molecule has 2 N–H and O–H groups in total. The normalized spacial score (nSPS) is 12.9. The zero-order chi connectivity index (χ0) is 12.1. The molecule has 4 nitrogen and oxygen atoms in total. The second-order valence-electron chi connectivity index (χ2n) is 4.31. The number of hydrogen-bond donors (Lipinski definition) is 2. The van der Waals surface area contributed by atoms with Crippen LogP contribution in [-0.2, 0) is 24.2 Å². The second kappa shape index (κ2) is 9.53. The monoisotopic (exact) mass is 325 g/mol. The summed E-state index contributed by atoms with van der Waals surface area (Å²) in [6, 6.07) is 0. The van der Waals surface area contributed by atoms with Crippen molar-refractivity contribution in [1.29, 1.82) is 0 Å². The van der Waals surface area contributed by atoms with Crippen molar-refractivity contribution in [3.05, 3.63) is 15.6 Å². The van der Waals surface area contributed by atoms with Gasteiger partial charge in [0.15, 0.2) is 0 Å². The van der Waals surface area contributed by atoms with Crippen molar-refractivity contribution >= 4 is 42.1 Å². The molecule has 1 aromatic rings. The van der Waals surface area contributed by atoms with Gasteiger partial charge in [-0.25, -0.2) is 4.98 Å². The van der Waals surface area contributed by atoms with Gasteiger partial charge in [-0.1, -0.05) is 0 Å². The van der Waals surface area contributed by atoms with Gasteiger partial charge in [0.1, 0.15) is 5.01 Å². The van der Waals surface area contributed by atoms with Crippen molar-refractivity contribution in [2.75, 3.05) is 13.6 Å². The lowest BCUT2D eigenvalue weighted by molar-refractivity contribution is -0.121. The van der Waals surface area contributed by atoms with Crippen LogP contribution in [0.3, 0.4) is 0 Å². The summed E-state index contributed by atoms with van der Waals surface area (Å²) in [5.41, 5.74) is 1.26. The molecule has 1 amide bonds. The van der Waals surface area contributed by atoms with Crippen LogP contribution in [0.2, 0.25) is 0 Å². The van der Waals surface area contributed by atoms with Gasteiger partial charge in [-0.15, -0.1) is 36.2 Å². The Morgan fingerprint density at radius 1 is 1.32 bits per heavy atom. The topological polar surface area (TPSA) is 54.0 Å². The lowest BCUT2D eigenvalue weighted by Crippen LogP contribution is -2.26. The van der Waals surface area contributed by atoms with E-state index in [2.05, 4.69) is 15.6 Å². The van der Waals surface area contributed by atoms with Crippen LogP contribution >= 0.6 is 36.2 Å². The standard InChI is InChI=1S/C12H19N3OS.2ClH/c1-13-7-6-11(16)14-8-12-15-9-4-2-3-5-10(9)17-12;;/h13H,2-8H2,1H3,(H,14,16);2*1H. The van der Waals surface area contributed by atoms with Gasteiger partial charge in [-0.05, 0) is 32.7 Å². The van der Waals surface area contributed by atoms with Crippen molar-refractivity contribution in [3.8, 4) is 0 Å². The molecule has 1 aliphatic carbocycles. The first-order valence-corrected chi connectivity index (χ1v) is 7.00. The number of aromatic nitrogens is 1. The molecule has 2 rings (SSSR count). The highest BCUT2D eigenvalue weighted by atomic mass is 35.5. The molecular weight excluding hydrogens is 305 g/mol. The van der Waals surface area contributed by atoms with Crippen LogP contribution in [0.5, 0.6) is 0 Å². The highest BCUT2D eigenvalue weighted by molar-refractivity contribution is 7.11. The molecule has 0 unspecified atom stereocenters. The van der Waals surface area contributed by atoms with E-state index in [0.29, 0.717) is 13.0 Å². The number of nitrogens with zero attached hydrogens (tertiary/aromatic N) is 1. The number of hydrogen-bond acceptors (Lipinski definition) is 4. The Hall–Kier alpha value is -0.360. The third-order valence-corrected chi connectivity index (χ3v) is 4.09. The van der Waals surface area contributed by atoms with Gasteiger partial charge in [-0.3, -0.25) is 4.79 Å². The van der Waals surface area contributed by atoms with E-state index in [0.717, 1.165) is 18.0 Å².